The molecule has 0 bridgehead atoms. The van der Waals surface area contributed by atoms with Gasteiger partial charge in [-0.25, -0.2) is 4.79 Å². The van der Waals surface area contributed by atoms with Crippen LogP contribution in [0.1, 0.15) is 18.1 Å². The predicted molar refractivity (Wildman–Crippen MR) is 78.9 cm³/mol. The van der Waals surface area contributed by atoms with Crippen molar-refractivity contribution in [2.45, 2.75) is 20.8 Å². The van der Waals surface area contributed by atoms with Gasteiger partial charge in [0.25, 0.3) is 0 Å². The molecule has 1 aromatic rings. The van der Waals surface area contributed by atoms with E-state index in [1.165, 1.54) is 0 Å². The van der Waals surface area contributed by atoms with Gasteiger partial charge >= 0.3 is 6.03 Å². The minimum atomic E-state index is -0.279. The second-order valence-electron chi connectivity index (χ2n) is 4.66. The van der Waals surface area contributed by atoms with E-state index in [1.54, 1.807) is 23.9 Å². The van der Waals surface area contributed by atoms with Crippen molar-refractivity contribution in [2.24, 2.45) is 0 Å². The fourth-order valence-electron chi connectivity index (χ4n) is 1.92. The summed E-state index contributed by atoms with van der Waals surface area (Å²) in [6.07, 6.45) is 0. The molecule has 0 spiro atoms. The summed E-state index contributed by atoms with van der Waals surface area (Å²) in [5.41, 5.74) is 3.01. The molecule has 1 rings (SSSR count). The van der Waals surface area contributed by atoms with Crippen LogP contribution >= 0.6 is 0 Å². The Morgan fingerprint density at radius 2 is 1.79 bits per heavy atom. The lowest BCUT2D eigenvalue weighted by Gasteiger charge is -2.26. The number of carbonyl (C=O) groups is 1. The number of hydrogen-bond donors (Lipinski definition) is 2. The van der Waals surface area contributed by atoms with Crippen molar-refractivity contribution >= 4 is 17.7 Å². The first kappa shape index (κ1) is 15.0. The summed E-state index contributed by atoms with van der Waals surface area (Å²) in [4.78, 5) is 15.4. The number of amides is 2. The van der Waals surface area contributed by atoms with Crippen LogP contribution in [0.2, 0.25) is 0 Å². The van der Waals surface area contributed by atoms with Gasteiger partial charge in [-0.1, -0.05) is 18.2 Å². The Hall–Kier alpha value is -2.04. The Labute approximate surface area is 114 Å². The van der Waals surface area contributed by atoms with Crippen LogP contribution in [0.15, 0.2) is 18.2 Å². The highest BCUT2D eigenvalue weighted by atomic mass is 16.2. The van der Waals surface area contributed by atoms with E-state index in [4.69, 9.17) is 5.41 Å². The topological polar surface area (TPSA) is 59.4 Å². The van der Waals surface area contributed by atoms with Crippen LogP contribution in [0.5, 0.6) is 0 Å². The van der Waals surface area contributed by atoms with E-state index in [9.17, 15) is 4.79 Å². The quantitative estimate of drug-likeness (QED) is 0.635. The lowest BCUT2D eigenvalue weighted by atomic mass is 10.1. The van der Waals surface area contributed by atoms with Crippen LogP contribution < -0.4 is 10.2 Å². The molecule has 2 amide bonds. The predicted octanol–water partition coefficient (Wildman–Crippen LogP) is 2.34. The van der Waals surface area contributed by atoms with Gasteiger partial charge in [-0.3, -0.25) is 15.6 Å². The zero-order valence-corrected chi connectivity index (χ0v) is 12.2. The second-order valence-corrected chi connectivity index (χ2v) is 4.66. The molecule has 0 aromatic heterocycles. The Balaban J connectivity index is 3.01. The summed E-state index contributed by atoms with van der Waals surface area (Å²) in [5.74, 6) is 0.0784. The van der Waals surface area contributed by atoms with E-state index in [0.717, 1.165) is 16.8 Å². The van der Waals surface area contributed by atoms with Crippen LogP contribution in [0.25, 0.3) is 0 Å². The van der Waals surface area contributed by atoms with Crippen LogP contribution in [-0.4, -0.2) is 37.5 Å². The van der Waals surface area contributed by atoms with Crippen molar-refractivity contribution < 1.29 is 4.79 Å². The normalized spacial score (nSPS) is 9.95. The Bertz CT molecular complexity index is 462. The molecule has 0 saturated heterocycles. The van der Waals surface area contributed by atoms with Crippen molar-refractivity contribution in [3.05, 3.63) is 29.3 Å². The number of para-hydroxylation sites is 1. The van der Waals surface area contributed by atoms with Crippen molar-refractivity contribution in [3.8, 4) is 0 Å². The molecule has 0 aliphatic heterocycles. The molecule has 0 radical (unpaired) electrons. The molecule has 0 heterocycles. The molecule has 0 unspecified atom stereocenters. The van der Waals surface area contributed by atoms with Gasteiger partial charge in [0.05, 0.1) is 5.69 Å². The summed E-state index contributed by atoms with van der Waals surface area (Å²) >= 11 is 0. The third-order valence-corrected chi connectivity index (χ3v) is 2.94. The molecule has 19 heavy (non-hydrogen) atoms. The average Bonchev–Trinajstić information content (AvgIpc) is 2.33. The number of anilines is 1. The van der Waals surface area contributed by atoms with E-state index >= 15 is 0 Å². The highest BCUT2D eigenvalue weighted by Crippen LogP contribution is 2.24. The van der Waals surface area contributed by atoms with Gasteiger partial charge in [0, 0.05) is 20.6 Å². The van der Waals surface area contributed by atoms with Crippen LogP contribution in [0.4, 0.5) is 10.5 Å². The van der Waals surface area contributed by atoms with Gasteiger partial charge in [-0.15, -0.1) is 0 Å². The Morgan fingerprint density at radius 3 is 2.21 bits per heavy atom. The third kappa shape index (κ3) is 3.47. The lowest BCUT2D eigenvalue weighted by Crippen LogP contribution is -2.47. The second kappa shape index (κ2) is 6.22. The number of nitrogens with one attached hydrogen (secondary N) is 2. The number of carbonyl (C=O) groups excluding carboxylic acids is 1. The van der Waals surface area contributed by atoms with E-state index in [1.807, 2.05) is 39.0 Å². The zero-order chi connectivity index (χ0) is 14.6. The molecule has 104 valence electrons. The van der Waals surface area contributed by atoms with Crippen molar-refractivity contribution in [1.29, 1.82) is 5.41 Å². The molecule has 1 aromatic carbocycles. The molecule has 5 nitrogen and oxygen atoms in total. The van der Waals surface area contributed by atoms with E-state index in [0.29, 0.717) is 6.54 Å². The molecule has 0 atom stereocenters. The maximum atomic E-state index is 12.2. The molecule has 0 saturated carbocycles. The minimum Gasteiger partial charge on any atom is -0.349 e. The van der Waals surface area contributed by atoms with Gasteiger partial charge in [0.1, 0.15) is 0 Å². The number of nitrogens with zero attached hydrogens (tertiary/aromatic N) is 2. The van der Waals surface area contributed by atoms with Crippen molar-refractivity contribution in [3.63, 3.8) is 0 Å². The monoisotopic (exact) mass is 262 g/mol. The SMILES string of the molecule is CCN(C(=O)NC(=N)N(C)C)c1c(C)cccc1C. The number of benzene rings is 1. The van der Waals surface area contributed by atoms with Gasteiger partial charge < -0.3 is 4.90 Å². The van der Waals surface area contributed by atoms with Crippen molar-refractivity contribution in [2.75, 3.05) is 25.5 Å². The largest absolute Gasteiger partial charge is 0.349 e. The lowest BCUT2D eigenvalue weighted by molar-refractivity contribution is 0.249. The smallest absolute Gasteiger partial charge is 0.328 e. The van der Waals surface area contributed by atoms with Crippen LogP contribution in [0.3, 0.4) is 0 Å². The zero-order valence-electron chi connectivity index (χ0n) is 12.2. The molecular formula is C14H22N4O. The van der Waals surface area contributed by atoms with E-state index < -0.39 is 0 Å². The summed E-state index contributed by atoms with van der Waals surface area (Å²) in [6, 6.07) is 5.66. The molecule has 0 aliphatic carbocycles. The van der Waals surface area contributed by atoms with E-state index in [-0.39, 0.29) is 12.0 Å². The van der Waals surface area contributed by atoms with Gasteiger partial charge in [-0.2, -0.15) is 0 Å². The first-order chi connectivity index (χ1) is 8.88. The fourth-order valence-corrected chi connectivity index (χ4v) is 1.92. The fraction of sp³-hybridized carbons (Fsp3) is 0.429. The van der Waals surface area contributed by atoms with Crippen LogP contribution in [-0.2, 0) is 0 Å². The average molecular weight is 262 g/mol. The summed E-state index contributed by atoms with van der Waals surface area (Å²) in [5, 5.41) is 10.3. The molecule has 5 heteroatoms. The Kier molecular flexibility index (Phi) is 4.92. The van der Waals surface area contributed by atoms with Crippen LogP contribution in [0, 0.1) is 19.3 Å². The minimum absolute atomic E-state index is 0.0784. The maximum absolute atomic E-state index is 12.2. The molecule has 0 aliphatic rings. The number of urea groups is 1. The number of aryl methyl sites for hydroxylation is 2. The summed E-state index contributed by atoms with van der Waals surface area (Å²) in [7, 11) is 3.44. The standard InChI is InChI=1S/C14H22N4O/c1-6-18(14(19)16-13(15)17(4)5)12-10(2)8-7-9-11(12)3/h7-9H,6H2,1-5H3,(H2,15,16,19). The maximum Gasteiger partial charge on any atom is 0.328 e. The molecule has 0 fully saturated rings. The van der Waals surface area contributed by atoms with Gasteiger partial charge in [0.2, 0.25) is 0 Å². The number of guanidine groups is 1. The van der Waals surface area contributed by atoms with E-state index in [2.05, 4.69) is 5.32 Å². The van der Waals surface area contributed by atoms with Gasteiger partial charge in [-0.05, 0) is 31.9 Å². The summed E-state index contributed by atoms with van der Waals surface area (Å²) < 4.78 is 0. The molecular weight excluding hydrogens is 240 g/mol. The van der Waals surface area contributed by atoms with Crippen molar-refractivity contribution in [1.82, 2.24) is 10.2 Å². The molecule has 2 N–H and O–H groups in total. The highest BCUT2D eigenvalue weighted by molar-refractivity contribution is 6.03. The van der Waals surface area contributed by atoms with Gasteiger partial charge in [0.15, 0.2) is 5.96 Å². The number of rotatable bonds is 2. The first-order valence-corrected chi connectivity index (χ1v) is 6.29. The Morgan fingerprint density at radius 1 is 1.26 bits per heavy atom. The highest BCUT2D eigenvalue weighted by Gasteiger charge is 2.18. The first-order valence-electron chi connectivity index (χ1n) is 6.29. The number of hydrogen-bond acceptors (Lipinski definition) is 2. The summed E-state index contributed by atoms with van der Waals surface area (Å²) in [6.45, 7) is 6.44. The third-order valence-electron chi connectivity index (χ3n) is 2.94.